The van der Waals surface area contributed by atoms with Crippen LogP contribution in [0.5, 0.6) is 0 Å². The van der Waals surface area contributed by atoms with Gasteiger partial charge in [0, 0.05) is 9.97 Å². The number of alkyl halides is 1. The van der Waals surface area contributed by atoms with Crippen molar-refractivity contribution in [3.8, 4) is 0 Å². The third kappa shape index (κ3) is 0.947. The molecule has 3 aliphatic rings. The fourth-order valence-electron chi connectivity index (χ4n) is 2.50. The Balaban J connectivity index is 1.89. The van der Waals surface area contributed by atoms with Crippen LogP contribution in [0.4, 0.5) is 4.79 Å². The van der Waals surface area contributed by atoms with Crippen molar-refractivity contribution in [2.75, 3.05) is 4.43 Å². The molecule has 3 fully saturated rings. The molecule has 0 saturated heterocycles. The number of amides is 1. The van der Waals surface area contributed by atoms with Crippen molar-refractivity contribution in [1.29, 1.82) is 0 Å². The highest BCUT2D eigenvalue weighted by Crippen LogP contribution is 2.67. The molecular formula is C7H10INO2. The molecule has 3 saturated carbocycles. The summed E-state index contributed by atoms with van der Waals surface area (Å²) in [5.74, 6) is 0. The van der Waals surface area contributed by atoms with Crippen molar-refractivity contribution in [2.45, 2.75) is 24.8 Å². The van der Waals surface area contributed by atoms with E-state index in [1.54, 1.807) is 0 Å². The lowest BCUT2D eigenvalue weighted by Gasteiger charge is -2.70. The maximum atomic E-state index is 10.3. The number of hydrogen-bond acceptors (Lipinski definition) is 1. The molecule has 3 aliphatic carbocycles. The van der Waals surface area contributed by atoms with Crippen LogP contribution in [0.25, 0.3) is 0 Å². The van der Waals surface area contributed by atoms with E-state index in [0.717, 1.165) is 19.3 Å². The molecule has 1 amide bonds. The van der Waals surface area contributed by atoms with Gasteiger partial charge < -0.3 is 10.4 Å². The minimum atomic E-state index is -0.869. The van der Waals surface area contributed by atoms with E-state index in [4.69, 9.17) is 5.11 Å². The summed E-state index contributed by atoms with van der Waals surface area (Å²) in [5.41, 5.74) is 0.514. The van der Waals surface area contributed by atoms with E-state index in [1.807, 2.05) is 0 Å². The minimum Gasteiger partial charge on any atom is -0.465 e. The molecule has 0 unspecified atom stereocenters. The van der Waals surface area contributed by atoms with Crippen LogP contribution in [0.2, 0.25) is 0 Å². The minimum absolute atomic E-state index is 0.00297. The first-order chi connectivity index (χ1) is 5.10. The van der Waals surface area contributed by atoms with Gasteiger partial charge in [-0.1, -0.05) is 22.6 Å². The van der Waals surface area contributed by atoms with E-state index in [9.17, 15) is 4.79 Å². The van der Waals surface area contributed by atoms with Crippen LogP contribution in [0, 0.1) is 5.41 Å². The molecule has 0 atom stereocenters. The summed E-state index contributed by atoms with van der Waals surface area (Å²) in [4.78, 5) is 10.3. The van der Waals surface area contributed by atoms with E-state index < -0.39 is 6.09 Å². The molecule has 2 bridgehead atoms. The molecule has 0 aromatic heterocycles. The Morgan fingerprint density at radius 3 is 2.45 bits per heavy atom. The van der Waals surface area contributed by atoms with Crippen LogP contribution in [-0.4, -0.2) is 21.2 Å². The van der Waals surface area contributed by atoms with Gasteiger partial charge in [0.25, 0.3) is 0 Å². The molecule has 0 aliphatic heterocycles. The van der Waals surface area contributed by atoms with E-state index in [0.29, 0.717) is 5.41 Å². The van der Waals surface area contributed by atoms with Crippen LogP contribution in [0.15, 0.2) is 0 Å². The summed E-state index contributed by atoms with van der Waals surface area (Å²) in [6.45, 7) is 0. The van der Waals surface area contributed by atoms with Gasteiger partial charge in [-0.25, -0.2) is 4.79 Å². The zero-order valence-corrected chi connectivity index (χ0v) is 8.22. The topological polar surface area (TPSA) is 49.3 Å². The van der Waals surface area contributed by atoms with Crippen molar-refractivity contribution in [1.82, 2.24) is 5.32 Å². The molecule has 0 heterocycles. The second-order valence-electron chi connectivity index (χ2n) is 3.87. The van der Waals surface area contributed by atoms with Gasteiger partial charge in [0.05, 0.1) is 0 Å². The zero-order chi connectivity index (χ0) is 8.11. The average molecular weight is 267 g/mol. The lowest BCUT2D eigenvalue weighted by Crippen LogP contribution is -2.75. The Labute approximate surface area is 78.7 Å². The molecule has 0 aromatic rings. The van der Waals surface area contributed by atoms with Gasteiger partial charge in [0.1, 0.15) is 0 Å². The summed E-state index contributed by atoms with van der Waals surface area (Å²) in [6.07, 6.45) is 2.33. The molecule has 62 valence electrons. The van der Waals surface area contributed by atoms with Crippen molar-refractivity contribution in [3.05, 3.63) is 0 Å². The van der Waals surface area contributed by atoms with Gasteiger partial charge in [0.15, 0.2) is 0 Å². The molecule has 0 radical (unpaired) electrons. The number of halogens is 1. The maximum Gasteiger partial charge on any atom is 0.405 e. The van der Waals surface area contributed by atoms with Crippen LogP contribution >= 0.6 is 22.6 Å². The second kappa shape index (κ2) is 2.02. The van der Waals surface area contributed by atoms with Crippen molar-refractivity contribution < 1.29 is 9.90 Å². The van der Waals surface area contributed by atoms with Crippen LogP contribution in [0.1, 0.15) is 19.3 Å². The highest BCUT2D eigenvalue weighted by molar-refractivity contribution is 14.1. The fraction of sp³-hybridized carbons (Fsp3) is 0.857. The first-order valence-corrected chi connectivity index (χ1v) is 5.20. The van der Waals surface area contributed by atoms with Gasteiger partial charge in [-0.2, -0.15) is 0 Å². The van der Waals surface area contributed by atoms with Crippen LogP contribution < -0.4 is 5.32 Å². The quantitative estimate of drug-likeness (QED) is 0.590. The largest absolute Gasteiger partial charge is 0.465 e. The highest BCUT2D eigenvalue weighted by atomic mass is 127. The predicted molar refractivity (Wildman–Crippen MR) is 49.1 cm³/mol. The average Bonchev–Trinajstić information content (AvgIpc) is 1.74. The number of nitrogens with one attached hydrogen (secondary N) is 1. The summed E-state index contributed by atoms with van der Waals surface area (Å²) < 4.78 is 1.17. The second-order valence-corrected chi connectivity index (χ2v) is 4.64. The Bertz CT molecular complexity index is 197. The lowest BCUT2D eigenvalue weighted by molar-refractivity contribution is -0.128. The number of rotatable bonds is 2. The Kier molecular flexibility index (Phi) is 1.41. The summed E-state index contributed by atoms with van der Waals surface area (Å²) in [6, 6.07) is 0. The third-order valence-corrected chi connectivity index (χ3v) is 4.41. The monoisotopic (exact) mass is 267 g/mol. The molecular weight excluding hydrogens is 257 g/mol. The maximum absolute atomic E-state index is 10.3. The Morgan fingerprint density at radius 1 is 1.55 bits per heavy atom. The third-order valence-electron chi connectivity index (χ3n) is 2.80. The van der Waals surface area contributed by atoms with Gasteiger partial charge in [0.2, 0.25) is 0 Å². The van der Waals surface area contributed by atoms with Crippen LogP contribution in [-0.2, 0) is 0 Å². The van der Waals surface area contributed by atoms with E-state index in [-0.39, 0.29) is 5.54 Å². The molecule has 11 heavy (non-hydrogen) atoms. The number of carboxylic acid groups (broad SMARTS) is 1. The van der Waals surface area contributed by atoms with Gasteiger partial charge in [-0.3, -0.25) is 0 Å². The Hall–Kier alpha value is 0. The van der Waals surface area contributed by atoms with Gasteiger partial charge in [-0.05, 0) is 24.7 Å². The van der Waals surface area contributed by atoms with Gasteiger partial charge >= 0.3 is 6.09 Å². The summed E-state index contributed by atoms with van der Waals surface area (Å²) >= 11 is 2.38. The molecule has 3 rings (SSSR count). The number of hydrogen-bond donors (Lipinski definition) is 2. The lowest BCUT2D eigenvalue weighted by atomic mass is 9.40. The van der Waals surface area contributed by atoms with Crippen molar-refractivity contribution >= 4 is 28.7 Å². The molecule has 0 spiro atoms. The normalized spacial score (nSPS) is 45.5. The molecule has 3 nitrogen and oxygen atoms in total. The first-order valence-electron chi connectivity index (χ1n) is 3.67. The summed E-state index contributed by atoms with van der Waals surface area (Å²) in [5, 5.41) is 11.1. The van der Waals surface area contributed by atoms with Gasteiger partial charge in [-0.15, -0.1) is 0 Å². The van der Waals surface area contributed by atoms with Crippen LogP contribution in [0.3, 0.4) is 0 Å². The zero-order valence-electron chi connectivity index (χ0n) is 6.06. The van der Waals surface area contributed by atoms with Crippen molar-refractivity contribution in [2.24, 2.45) is 5.41 Å². The number of carbonyl (C=O) groups is 1. The molecule has 4 heteroatoms. The van der Waals surface area contributed by atoms with E-state index in [2.05, 4.69) is 27.9 Å². The fourth-order valence-corrected chi connectivity index (χ4v) is 3.31. The van der Waals surface area contributed by atoms with E-state index in [1.165, 1.54) is 4.43 Å². The standard InChI is InChI=1S/C7H10INO2/c8-4-6-1-7(2-6,3-6)9-5(10)11/h9H,1-4H2,(H,10,11). The highest BCUT2D eigenvalue weighted by Gasteiger charge is 2.67. The SMILES string of the molecule is O=C(O)NC12CC(CI)(C1)C2. The molecule has 2 N–H and O–H groups in total. The predicted octanol–water partition coefficient (Wildman–Crippen LogP) is 1.61. The first kappa shape index (κ1) is 7.64. The van der Waals surface area contributed by atoms with E-state index >= 15 is 0 Å². The Morgan fingerprint density at radius 2 is 2.09 bits per heavy atom. The van der Waals surface area contributed by atoms with Crippen molar-refractivity contribution in [3.63, 3.8) is 0 Å². The smallest absolute Gasteiger partial charge is 0.405 e. The molecule has 0 aromatic carbocycles. The summed E-state index contributed by atoms with van der Waals surface area (Å²) in [7, 11) is 0.